The molecule has 2 aromatic carbocycles. The van der Waals surface area contributed by atoms with E-state index in [1.807, 2.05) is 0 Å². The molecule has 29 heavy (non-hydrogen) atoms. The van der Waals surface area contributed by atoms with Crippen molar-refractivity contribution in [1.29, 1.82) is 0 Å². The van der Waals surface area contributed by atoms with E-state index in [0.717, 1.165) is 24.5 Å². The Balaban J connectivity index is 1.71. The fourth-order valence-electron chi connectivity index (χ4n) is 4.18. The van der Waals surface area contributed by atoms with Crippen molar-refractivity contribution in [3.63, 3.8) is 0 Å². The highest BCUT2D eigenvalue weighted by molar-refractivity contribution is 6.30. The molecule has 0 radical (unpaired) electrons. The van der Waals surface area contributed by atoms with Crippen LogP contribution in [0.25, 0.3) is 11.0 Å². The van der Waals surface area contributed by atoms with E-state index in [1.54, 1.807) is 29.2 Å². The van der Waals surface area contributed by atoms with Crippen molar-refractivity contribution >= 4 is 28.5 Å². The summed E-state index contributed by atoms with van der Waals surface area (Å²) < 4.78 is 25.3. The molecule has 2 aliphatic rings. The predicted octanol–water partition coefficient (Wildman–Crippen LogP) is 4.31. The van der Waals surface area contributed by atoms with Crippen LogP contribution in [0.2, 0.25) is 5.02 Å². The summed E-state index contributed by atoms with van der Waals surface area (Å²) in [5.41, 5.74) is 0.761. The second-order valence-corrected chi connectivity index (χ2v) is 7.80. The standard InChI is InChI=1S/C22H17ClFNO4/c23-13-5-3-12(4-6-13)19-18-20(26)16-10-14(24)7-8-17(16)29-21(18)22(27)25(19)11-15-2-1-9-28-15/h3-8,10,15,19H,1-2,9,11H2/t15-,19-/m1/s1. The molecular weight excluding hydrogens is 397 g/mol. The van der Waals surface area contributed by atoms with Gasteiger partial charge in [0.2, 0.25) is 5.76 Å². The lowest BCUT2D eigenvalue weighted by atomic mass is 9.98. The van der Waals surface area contributed by atoms with Gasteiger partial charge in [-0.1, -0.05) is 23.7 Å². The molecule has 2 aliphatic heterocycles. The molecule has 5 rings (SSSR count). The maximum Gasteiger partial charge on any atom is 0.291 e. The van der Waals surface area contributed by atoms with Crippen molar-refractivity contribution in [1.82, 2.24) is 4.90 Å². The molecule has 3 aromatic rings. The number of rotatable bonds is 3. The zero-order valence-corrected chi connectivity index (χ0v) is 16.1. The Morgan fingerprint density at radius 1 is 1.14 bits per heavy atom. The third-order valence-electron chi connectivity index (χ3n) is 5.54. The summed E-state index contributed by atoms with van der Waals surface area (Å²) in [6.45, 7) is 1.01. The van der Waals surface area contributed by atoms with Crippen LogP contribution < -0.4 is 5.43 Å². The van der Waals surface area contributed by atoms with E-state index in [1.165, 1.54) is 12.1 Å². The smallest absolute Gasteiger partial charge is 0.291 e. The van der Waals surface area contributed by atoms with Crippen LogP contribution in [-0.4, -0.2) is 30.1 Å². The average molecular weight is 414 g/mol. The molecule has 3 heterocycles. The molecule has 0 unspecified atom stereocenters. The van der Waals surface area contributed by atoms with Crippen molar-refractivity contribution in [3.8, 4) is 0 Å². The molecule has 0 saturated carbocycles. The van der Waals surface area contributed by atoms with Gasteiger partial charge < -0.3 is 14.1 Å². The zero-order chi connectivity index (χ0) is 20.1. The van der Waals surface area contributed by atoms with E-state index in [-0.39, 0.29) is 34.3 Å². The summed E-state index contributed by atoms with van der Waals surface area (Å²) in [5, 5.41) is 0.672. The molecule has 0 aliphatic carbocycles. The first-order valence-electron chi connectivity index (χ1n) is 9.47. The molecule has 1 saturated heterocycles. The summed E-state index contributed by atoms with van der Waals surface area (Å²) in [6.07, 6.45) is 1.69. The number of carbonyl (C=O) groups is 1. The molecular formula is C22H17ClFNO4. The Morgan fingerprint density at radius 3 is 2.66 bits per heavy atom. The number of carbonyl (C=O) groups excluding carboxylic acids is 1. The predicted molar refractivity (Wildman–Crippen MR) is 106 cm³/mol. The molecule has 1 amide bonds. The summed E-state index contributed by atoms with van der Waals surface area (Å²) in [4.78, 5) is 28.1. The van der Waals surface area contributed by atoms with E-state index >= 15 is 0 Å². The summed E-state index contributed by atoms with van der Waals surface area (Å²) in [5.74, 6) is -0.890. The maximum absolute atomic E-state index is 13.8. The van der Waals surface area contributed by atoms with Gasteiger partial charge >= 0.3 is 0 Å². The van der Waals surface area contributed by atoms with Crippen LogP contribution in [0.15, 0.2) is 51.7 Å². The fraction of sp³-hybridized carbons (Fsp3) is 0.273. The first-order chi connectivity index (χ1) is 14.0. The number of hydrogen-bond acceptors (Lipinski definition) is 4. The monoisotopic (exact) mass is 413 g/mol. The molecule has 0 spiro atoms. The third-order valence-corrected chi connectivity index (χ3v) is 5.79. The number of fused-ring (bicyclic) bond motifs is 2. The van der Waals surface area contributed by atoms with Gasteiger partial charge in [0.15, 0.2) is 5.43 Å². The van der Waals surface area contributed by atoms with Crippen LogP contribution in [0.4, 0.5) is 4.39 Å². The van der Waals surface area contributed by atoms with E-state index in [2.05, 4.69) is 0 Å². The molecule has 1 fully saturated rings. The lowest BCUT2D eigenvalue weighted by Crippen LogP contribution is -2.36. The van der Waals surface area contributed by atoms with Crippen LogP contribution >= 0.6 is 11.6 Å². The first kappa shape index (κ1) is 18.3. The van der Waals surface area contributed by atoms with Crippen LogP contribution in [0, 0.1) is 5.82 Å². The Morgan fingerprint density at radius 2 is 1.93 bits per heavy atom. The highest BCUT2D eigenvalue weighted by Gasteiger charge is 2.43. The van der Waals surface area contributed by atoms with Crippen LogP contribution in [0.3, 0.4) is 0 Å². The summed E-state index contributed by atoms with van der Waals surface area (Å²) >= 11 is 6.03. The molecule has 5 nitrogen and oxygen atoms in total. The van der Waals surface area contributed by atoms with E-state index in [9.17, 15) is 14.0 Å². The first-order valence-corrected chi connectivity index (χ1v) is 9.85. The van der Waals surface area contributed by atoms with Crippen molar-refractivity contribution in [2.24, 2.45) is 0 Å². The van der Waals surface area contributed by atoms with Crippen LogP contribution in [0.1, 0.15) is 40.6 Å². The quantitative estimate of drug-likeness (QED) is 0.642. The van der Waals surface area contributed by atoms with Gasteiger partial charge in [-0.2, -0.15) is 0 Å². The molecule has 0 bridgehead atoms. The minimum absolute atomic E-state index is 0.00653. The number of amides is 1. The van der Waals surface area contributed by atoms with Gasteiger partial charge in [-0.15, -0.1) is 0 Å². The summed E-state index contributed by atoms with van der Waals surface area (Å²) in [6, 6.07) is 10.1. The Bertz CT molecular complexity index is 1170. The average Bonchev–Trinajstić information content (AvgIpc) is 3.32. The lowest BCUT2D eigenvalue weighted by molar-refractivity contribution is 0.0486. The van der Waals surface area contributed by atoms with Gasteiger partial charge in [0.05, 0.1) is 23.1 Å². The maximum atomic E-state index is 13.8. The van der Waals surface area contributed by atoms with E-state index < -0.39 is 17.3 Å². The fourth-order valence-corrected chi connectivity index (χ4v) is 4.31. The third kappa shape index (κ3) is 3.03. The van der Waals surface area contributed by atoms with Gasteiger partial charge in [0.25, 0.3) is 5.91 Å². The SMILES string of the molecule is O=C1c2oc3ccc(F)cc3c(=O)c2[C@@H](c2ccc(Cl)cc2)N1C[C@H]1CCCO1. The van der Waals surface area contributed by atoms with Crippen molar-refractivity contribution in [3.05, 3.63) is 80.4 Å². The van der Waals surface area contributed by atoms with Crippen LogP contribution in [0.5, 0.6) is 0 Å². The van der Waals surface area contributed by atoms with Gasteiger partial charge in [-0.05, 0) is 48.7 Å². The van der Waals surface area contributed by atoms with Gasteiger partial charge in [0, 0.05) is 18.2 Å². The summed E-state index contributed by atoms with van der Waals surface area (Å²) in [7, 11) is 0. The van der Waals surface area contributed by atoms with Crippen LogP contribution in [-0.2, 0) is 4.74 Å². The lowest BCUT2D eigenvalue weighted by Gasteiger charge is -2.27. The van der Waals surface area contributed by atoms with E-state index in [4.69, 9.17) is 20.8 Å². The Labute approximate surface area is 170 Å². The van der Waals surface area contributed by atoms with Crippen molar-refractivity contribution in [2.45, 2.75) is 25.0 Å². The van der Waals surface area contributed by atoms with Crippen molar-refractivity contribution in [2.75, 3.05) is 13.2 Å². The van der Waals surface area contributed by atoms with E-state index in [0.29, 0.717) is 18.2 Å². The highest BCUT2D eigenvalue weighted by atomic mass is 35.5. The minimum Gasteiger partial charge on any atom is -0.450 e. The van der Waals surface area contributed by atoms with Gasteiger partial charge in [-0.25, -0.2) is 4.39 Å². The zero-order valence-electron chi connectivity index (χ0n) is 15.4. The number of ether oxygens (including phenoxy) is 1. The number of hydrogen-bond donors (Lipinski definition) is 0. The highest BCUT2D eigenvalue weighted by Crippen LogP contribution is 2.39. The Hall–Kier alpha value is -2.70. The number of halogens is 2. The molecule has 0 N–H and O–H groups in total. The molecule has 148 valence electrons. The minimum atomic E-state index is -0.636. The number of benzene rings is 2. The largest absolute Gasteiger partial charge is 0.450 e. The molecule has 1 aromatic heterocycles. The topological polar surface area (TPSA) is 59.8 Å². The van der Waals surface area contributed by atoms with Gasteiger partial charge in [-0.3, -0.25) is 9.59 Å². The molecule has 2 atom stereocenters. The molecule has 7 heteroatoms. The second kappa shape index (κ2) is 6.97. The second-order valence-electron chi connectivity index (χ2n) is 7.36. The Kier molecular flexibility index (Phi) is 4.41. The number of nitrogens with zero attached hydrogens (tertiary/aromatic N) is 1. The van der Waals surface area contributed by atoms with Gasteiger partial charge in [0.1, 0.15) is 11.4 Å². The normalized spacial score (nSPS) is 21.2. The van der Waals surface area contributed by atoms with Crippen molar-refractivity contribution < 1.29 is 18.3 Å².